The first-order valence-corrected chi connectivity index (χ1v) is 6.96. The third kappa shape index (κ3) is 5.28. The lowest BCUT2D eigenvalue weighted by Gasteiger charge is -2.20. The van der Waals surface area contributed by atoms with E-state index in [4.69, 9.17) is 11.6 Å². The van der Waals surface area contributed by atoms with Crippen molar-refractivity contribution in [1.82, 2.24) is 9.88 Å². The molecule has 0 saturated heterocycles. The highest BCUT2D eigenvalue weighted by molar-refractivity contribution is 9.10. The van der Waals surface area contributed by atoms with Crippen molar-refractivity contribution in [2.24, 2.45) is 0 Å². The zero-order chi connectivity index (χ0) is 11.8. The van der Waals surface area contributed by atoms with Crippen LogP contribution in [-0.4, -0.2) is 28.9 Å². The van der Waals surface area contributed by atoms with Crippen LogP contribution in [0.3, 0.4) is 0 Å². The first-order chi connectivity index (χ1) is 7.76. The minimum atomic E-state index is 0.686. The molecule has 1 aromatic heterocycles. The van der Waals surface area contributed by atoms with E-state index in [-0.39, 0.29) is 0 Å². The van der Waals surface area contributed by atoms with Gasteiger partial charge in [-0.15, -0.1) is 11.6 Å². The molecule has 16 heavy (non-hydrogen) atoms. The van der Waals surface area contributed by atoms with Crippen LogP contribution in [0.2, 0.25) is 0 Å². The molecule has 0 saturated carbocycles. The van der Waals surface area contributed by atoms with Gasteiger partial charge in [-0.1, -0.05) is 13.3 Å². The van der Waals surface area contributed by atoms with E-state index < -0.39 is 0 Å². The van der Waals surface area contributed by atoms with Gasteiger partial charge in [-0.05, 0) is 40.5 Å². The van der Waals surface area contributed by atoms with Crippen LogP contribution in [0.4, 0.5) is 0 Å². The average molecular weight is 306 g/mol. The van der Waals surface area contributed by atoms with Gasteiger partial charge in [0.15, 0.2) is 0 Å². The van der Waals surface area contributed by atoms with Crippen molar-refractivity contribution in [3.05, 3.63) is 28.5 Å². The van der Waals surface area contributed by atoms with Crippen molar-refractivity contribution in [2.75, 3.05) is 19.0 Å². The summed E-state index contributed by atoms with van der Waals surface area (Å²) in [6, 6.07) is 2.11. The molecular weight excluding hydrogens is 288 g/mol. The molecule has 1 heterocycles. The molecule has 1 rings (SSSR count). The van der Waals surface area contributed by atoms with Crippen LogP contribution < -0.4 is 0 Å². The van der Waals surface area contributed by atoms with Gasteiger partial charge in [0.25, 0.3) is 0 Å². The Morgan fingerprint density at radius 3 is 2.81 bits per heavy atom. The fourth-order valence-corrected chi connectivity index (χ4v) is 2.22. The second-order valence-corrected chi connectivity index (χ2v) is 5.12. The molecule has 90 valence electrons. The van der Waals surface area contributed by atoms with Crippen molar-refractivity contribution in [3.8, 4) is 0 Å². The van der Waals surface area contributed by atoms with E-state index in [9.17, 15) is 0 Å². The second-order valence-electron chi connectivity index (χ2n) is 3.83. The maximum Gasteiger partial charge on any atom is 0.0410 e. The fraction of sp³-hybridized carbons (Fsp3) is 0.583. The molecule has 0 radical (unpaired) electrons. The van der Waals surface area contributed by atoms with Crippen molar-refractivity contribution >= 4 is 27.5 Å². The Balaban J connectivity index is 2.52. The monoisotopic (exact) mass is 304 g/mol. The van der Waals surface area contributed by atoms with Crippen LogP contribution >= 0.6 is 27.5 Å². The van der Waals surface area contributed by atoms with Gasteiger partial charge < -0.3 is 0 Å². The summed E-state index contributed by atoms with van der Waals surface area (Å²) in [5.41, 5.74) is 1.23. The number of nitrogens with zero attached hydrogens (tertiary/aromatic N) is 2. The van der Waals surface area contributed by atoms with E-state index >= 15 is 0 Å². The van der Waals surface area contributed by atoms with E-state index in [0.29, 0.717) is 5.88 Å². The van der Waals surface area contributed by atoms with Gasteiger partial charge in [-0.3, -0.25) is 9.88 Å². The molecule has 0 atom stereocenters. The maximum absolute atomic E-state index is 5.81. The van der Waals surface area contributed by atoms with E-state index in [2.05, 4.69) is 38.8 Å². The van der Waals surface area contributed by atoms with Gasteiger partial charge in [-0.25, -0.2) is 0 Å². The molecule has 0 aliphatic carbocycles. The molecule has 0 aromatic carbocycles. The smallest absolute Gasteiger partial charge is 0.0410 e. The van der Waals surface area contributed by atoms with Gasteiger partial charge >= 0.3 is 0 Å². The predicted octanol–water partition coefficient (Wildman–Crippen LogP) is 3.69. The summed E-state index contributed by atoms with van der Waals surface area (Å²) >= 11 is 9.24. The minimum Gasteiger partial charge on any atom is -0.298 e. The predicted molar refractivity (Wildman–Crippen MR) is 72.8 cm³/mol. The van der Waals surface area contributed by atoms with Crippen LogP contribution in [0.5, 0.6) is 0 Å². The molecule has 1 aromatic rings. The summed E-state index contributed by atoms with van der Waals surface area (Å²) < 4.78 is 1.03. The Bertz CT molecular complexity index is 307. The Labute approximate surface area is 111 Å². The lowest BCUT2D eigenvalue weighted by atomic mass is 10.2. The SMILES string of the molecule is CCCCN(CCCl)Cc1cncc(Br)c1. The number of pyridine rings is 1. The zero-order valence-corrected chi connectivity index (χ0v) is 12.0. The molecule has 0 aliphatic heterocycles. The van der Waals surface area contributed by atoms with Gasteiger partial charge in [0.05, 0.1) is 0 Å². The number of aromatic nitrogens is 1. The number of unbranched alkanes of at least 4 members (excludes halogenated alkanes) is 1. The first-order valence-electron chi connectivity index (χ1n) is 5.64. The van der Waals surface area contributed by atoms with Crippen molar-refractivity contribution in [3.63, 3.8) is 0 Å². The molecular formula is C12H18BrClN2. The molecule has 0 unspecified atom stereocenters. The van der Waals surface area contributed by atoms with Crippen molar-refractivity contribution in [2.45, 2.75) is 26.3 Å². The molecule has 0 N–H and O–H groups in total. The first kappa shape index (κ1) is 13.9. The van der Waals surface area contributed by atoms with E-state index in [1.165, 1.54) is 18.4 Å². The third-order valence-corrected chi connectivity index (χ3v) is 3.00. The Kier molecular flexibility index (Phi) is 7.01. The Morgan fingerprint density at radius 1 is 1.38 bits per heavy atom. The highest BCUT2D eigenvalue weighted by Crippen LogP contribution is 2.12. The molecule has 0 spiro atoms. The topological polar surface area (TPSA) is 16.1 Å². The maximum atomic E-state index is 5.81. The number of hydrogen-bond acceptors (Lipinski definition) is 2. The quantitative estimate of drug-likeness (QED) is 0.714. The largest absolute Gasteiger partial charge is 0.298 e. The van der Waals surface area contributed by atoms with Gasteiger partial charge in [0, 0.05) is 35.8 Å². The Hall–Kier alpha value is -0.120. The number of hydrogen-bond donors (Lipinski definition) is 0. The number of rotatable bonds is 7. The second kappa shape index (κ2) is 8.04. The molecule has 4 heteroatoms. The molecule has 0 bridgehead atoms. The summed E-state index contributed by atoms with van der Waals surface area (Å²) in [6.07, 6.45) is 6.16. The summed E-state index contributed by atoms with van der Waals surface area (Å²) in [6.45, 7) is 5.18. The molecule has 2 nitrogen and oxygen atoms in total. The van der Waals surface area contributed by atoms with Crippen LogP contribution in [0.1, 0.15) is 25.3 Å². The standard InChI is InChI=1S/C12H18BrClN2/c1-2-3-5-16(6-4-14)10-11-7-12(13)9-15-8-11/h7-9H,2-6,10H2,1H3. The summed E-state index contributed by atoms with van der Waals surface area (Å²) in [7, 11) is 0. The van der Waals surface area contributed by atoms with E-state index in [1.54, 1.807) is 6.20 Å². The average Bonchev–Trinajstić information content (AvgIpc) is 2.26. The zero-order valence-electron chi connectivity index (χ0n) is 9.63. The fourth-order valence-electron chi connectivity index (χ4n) is 1.57. The highest BCUT2D eigenvalue weighted by Gasteiger charge is 2.05. The molecule has 0 fully saturated rings. The summed E-state index contributed by atoms with van der Waals surface area (Å²) in [4.78, 5) is 6.55. The molecule has 0 aliphatic rings. The third-order valence-electron chi connectivity index (χ3n) is 2.40. The van der Waals surface area contributed by atoms with Crippen molar-refractivity contribution in [1.29, 1.82) is 0 Å². The van der Waals surface area contributed by atoms with E-state index in [1.807, 2.05) is 6.20 Å². The van der Waals surface area contributed by atoms with Gasteiger partial charge in [-0.2, -0.15) is 0 Å². The number of alkyl halides is 1. The molecule has 0 amide bonds. The van der Waals surface area contributed by atoms with E-state index in [0.717, 1.165) is 24.1 Å². The lowest BCUT2D eigenvalue weighted by molar-refractivity contribution is 0.276. The normalized spacial score (nSPS) is 11.0. The van der Waals surface area contributed by atoms with Crippen LogP contribution in [0.25, 0.3) is 0 Å². The van der Waals surface area contributed by atoms with Crippen LogP contribution in [0, 0.1) is 0 Å². The highest BCUT2D eigenvalue weighted by atomic mass is 79.9. The Morgan fingerprint density at radius 2 is 2.19 bits per heavy atom. The van der Waals surface area contributed by atoms with Crippen LogP contribution in [0.15, 0.2) is 22.9 Å². The number of halogens is 2. The summed E-state index contributed by atoms with van der Waals surface area (Å²) in [5.74, 6) is 0.686. The minimum absolute atomic E-state index is 0.686. The van der Waals surface area contributed by atoms with Crippen molar-refractivity contribution < 1.29 is 0 Å². The van der Waals surface area contributed by atoms with Crippen LogP contribution in [-0.2, 0) is 6.54 Å². The van der Waals surface area contributed by atoms with Gasteiger partial charge in [0.2, 0.25) is 0 Å². The van der Waals surface area contributed by atoms with Gasteiger partial charge in [0.1, 0.15) is 0 Å². The summed E-state index contributed by atoms with van der Waals surface area (Å²) in [5, 5.41) is 0. The lowest BCUT2D eigenvalue weighted by Crippen LogP contribution is -2.26.